The molecule has 1 saturated carbocycles. The summed E-state index contributed by atoms with van der Waals surface area (Å²) in [5, 5.41) is 10.6. The third-order valence-corrected chi connectivity index (χ3v) is 4.76. The summed E-state index contributed by atoms with van der Waals surface area (Å²) in [6, 6.07) is 4.92. The molecule has 0 radical (unpaired) electrons. The summed E-state index contributed by atoms with van der Waals surface area (Å²) >= 11 is 3.35. The van der Waals surface area contributed by atoms with Crippen LogP contribution in [0.5, 0.6) is 0 Å². The molecule has 1 N–H and O–H groups in total. The van der Waals surface area contributed by atoms with Gasteiger partial charge >= 0.3 is 0 Å². The third kappa shape index (κ3) is 3.12. The van der Waals surface area contributed by atoms with Gasteiger partial charge in [0.25, 0.3) is 0 Å². The van der Waals surface area contributed by atoms with E-state index in [1.165, 1.54) is 6.07 Å². The molecule has 1 aromatic rings. The fourth-order valence-corrected chi connectivity index (χ4v) is 3.29. The summed E-state index contributed by atoms with van der Waals surface area (Å²) in [5.41, 5.74) is -0.137. The Balaban J connectivity index is 2.15. The highest BCUT2D eigenvalue weighted by Crippen LogP contribution is 2.38. The second-order valence-corrected chi connectivity index (χ2v) is 6.75. The lowest BCUT2D eigenvalue weighted by Gasteiger charge is -2.39. The van der Waals surface area contributed by atoms with Crippen LogP contribution in [-0.2, 0) is 6.42 Å². The molecule has 3 heteroatoms. The van der Waals surface area contributed by atoms with Crippen molar-refractivity contribution >= 4 is 15.9 Å². The minimum atomic E-state index is -0.743. The fourth-order valence-electron chi connectivity index (χ4n) is 2.88. The van der Waals surface area contributed by atoms with E-state index in [1.54, 1.807) is 12.1 Å². The van der Waals surface area contributed by atoms with Gasteiger partial charge in [0.1, 0.15) is 5.82 Å². The maximum atomic E-state index is 13.7. The van der Waals surface area contributed by atoms with E-state index in [1.807, 2.05) is 0 Å². The standard InChI is InChI=1S/C15H20BrFO/c1-10-5-6-15(18,8-11(10)2)9-12-7-13(16)3-4-14(12)17/h3-4,7,10-11,18H,5-6,8-9H2,1-2H3. The van der Waals surface area contributed by atoms with Crippen LogP contribution < -0.4 is 0 Å². The molecule has 0 amide bonds. The second-order valence-electron chi connectivity index (χ2n) is 5.83. The van der Waals surface area contributed by atoms with Crippen LogP contribution >= 0.6 is 15.9 Å². The summed E-state index contributed by atoms with van der Waals surface area (Å²) in [6.07, 6.45) is 2.97. The molecule has 0 aromatic heterocycles. The zero-order valence-electron chi connectivity index (χ0n) is 10.9. The van der Waals surface area contributed by atoms with Gasteiger partial charge in [0.05, 0.1) is 5.60 Å². The molecule has 2 rings (SSSR count). The maximum Gasteiger partial charge on any atom is 0.126 e. The Morgan fingerprint density at radius 1 is 1.39 bits per heavy atom. The van der Waals surface area contributed by atoms with Crippen LogP contribution in [0.25, 0.3) is 0 Å². The zero-order valence-corrected chi connectivity index (χ0v) is 12.5. The lowest BCUT2D eigenvalue weighted by atomic mass is 9.71. The molecule has 0 saturated heterocycles. The highest BCUT2D eigenvalue weighted by molar-refractivity contribution is 9.10. The summed E-state index contributed by atoms with van der Waals surface area (Å²) < 4.78 is 14.6. The second kappa shape index (κ2) is 5.30. The van der Waals surface area contributed by atoms with Crippen molar-refractivity contribution in [2.45, 2.75) is 45.1 Å². The van der Waals surface area contributed by atoms with E-state index in [-0.39, 0.29) is 5.82 Å². The van der Waals surface area contributed by atoms with Crippen LogP contribution in [0.2, 0.25) is 0 Å². The lowest BCUT2D eigenvalue weighted by Crippen LogP contribution is -2.39. The van der Waals surface area contributed by atoms with Crippen LogP contribution in [-0.4, -0.2) is 10.7 Å². The smallest absolute Gasteiger partial charge is 0.126 e. The Labute approximate surface area is 117 Å². The van der Waals surface area contributed by atoms with Crippen molar-refractivity contribution in [3.8, 4) is 0 Å². The number of halogens is 2. The van der Waals surface area contributed by atoms with Crippen LogP contribution in [0.3, 0.4) is 0 Å². The van der Waals surface area contributed by atoms with E-state index >= 15 is 0 Å². The first kappa shape index (κ1) is 14.0. The van der Waals surface area contributed by atoms with Gasteiger partial charge in [-0.3, -0.25) is 0 Å². The van der Waals surface area contributed by atoms with Gasteiger partial charge in [0.2, 0.25) is 0 Å². The summed E-state index contributed by atoms with van der Waals surface area (Å²) in [6.45, 7) is 4.40. The van der Waals surface area contributed by atoms with Gasteiger partial charge in [-0.1, -0.05) is 29.8 Å². The van der Waals surface area contributed by atoms with Crippen molar-refractivity contribution in [2.75, 3.05) is 0 Å². The molecule has 0 bridgehead atoms. The Bertz CT molecular complexity index is 435. The van der Waals surface area contributed by atoms with E-state index < -0.39 is 5.60 Å². The first-order valence-electron chi connectivity index (χ1n) is 6.56. The van der Waals surface area contributed by atoms with E-state index in [0.717, 1.165) is 23.7 Å². The van der Waals surface area contributed by atoms with Crippen molar-refractivity contribution in [1.82, 2.24) is 0 Å². The average Bonchev–Trinajstić information content (AvgIpc) is 2.29. The molecular formula is C15H20BrFO. The van der Waals surface area contributed by atoms with Crippen LogP contribution in [0.15, 0.2) is 22.7 Å². The van der Waals surface area contributed by atoms with Crippen LogP contribution in [0.1, 0.15) is 38.7 Å². The quantitative estimate of drug-likeness (QED) is 0.862. The first-order valence-corrected chi connectivity index (χ1v) is 7.35. The number of hydrogen-bond donors (Lipinski definition) is 1. The minimum absolute atomic E-state index is 0.224. The molecule has 1 aliphatic carbocycles. The highest BCUT2D eigenvalue weighted by atomic mass is 79.9. The third-order valence-electron chi connectivity index (χ3n) is 4.27. The van der Waals surface area contributed by atoms with E-state index in [2.05, 4.69) is 29.8 Å². The van der Waals surface area contributed by atoms with Crippen LogP contribution in [0, 0.1) is 17.7 Å². The van der Waals surface area contributed by atoms with Gasteiger partial charge in [-0.15, -0.1) is 0 Å². The predicted octanol–water partition coefficient (Wildman–Crippen LogP) is 4.32. The van der Waals surface area contributed by atoms with E-state index in [9.17, 15) is 9.50 Å². The molecule has 100 valence electrons. The molecule has 3 unspecified atom stereocenters. The summed E-state index contributed by atoms with van der Waals surface area (Å²) in [7, 11) is 0. The number of hydrogen-bond acceptors (Lipinski definition) is 1. The van der Waals surface area contributed by atoms with Crippen molar-refractivity contribution in [3.05, 3.63) is 34.1 Å². The highest BCUT2D eigenvalue weighted by Gasteiger charge is 2.36. The molecule has 1 aliphatic rings. The number of aliphatic hydroxyl groups is 1. The summed E-state index contributed by atoms with van der Waals surface area (Å²) in [4.78, 5) is 0. The van der Waals surface area contributed by atoms with E-state index in [4.69, 9.17) is 0 Å². The fraction of sp³-hybridized carbons (Fsp3) is 0.600. The summed E-state index contributed by atoms with van der Waals surface area (Å²) in [5.74, 6) is 0.925. The molecule has 3 atom stereocenters. The molecule has 0 heterocycles. The van der Waals surface area contributed by atoms with E-state index in [0.29, 0.717) is 23.8 Å². The first-order chi connectivity index (χ1) is 8.39. The zero-order chi connectivity index (χ0) is 13.3. The lowest BCUT2D eigenvalue weighted by molar-refractivity contribution is -0.0285. The van der Waals surface area contributed by atoms with Gasteiger partial charge in [-0.25, -0.2) is 4.39 Å². The van der Waals surface area contributed by atoms with Crippen LogP contribution in [0.4, 0.5) is 4.39 Å². The topological polar surface area (TPSA) is 20.2 Å². The Hall–Kier alpha value is -0.410. The Kier molecular flexibility index (Phi) is 4.12. The Morgan fingerprint density at radius 3 is 2.78 bits per heavy atom. The molecule has 0 aliphatic heterocycles. The Morgan fingerprint density at radius 2 is 2.11 bits per heavy atom. The molecule has 18 heavy (non-hydrogen) atoms. The van der Waals surface area contributed by atoms with Crippen molar-refractivity contribution in [3.63, 3.8) is 0 Å². The van der Waals surface area contributed by atoms with Crippen molar-refractivity contribution in [1.29, 1.82) is 0 Å². The maximum absolute atomic E-state index is 13.7. The number of rotatable bonds is 2. The molecule has 1 aromatic carbocycles. The number of benzene rings is 1. The van der Waals surface area contributed by atoms with Gasteiger partial charge < -0.3 is 5.11 Å². The largest absolute Gasteiger partial charge is 0.390 e. The minimum Gasteiger partial charge on any atom is -0.390 e. The van der Waals surface area contributed by atoms with Crippen molar-refractivity contribution in [2.24, 2.45) is 11.8 Å². The predicted molar refractivity (Wildman–Crippen MR) is 74.9 cm³/mol. The molecule has 1 nitrogen and oxygen atoms in total. The monoisotopic (exact) mass is 314 g/mol. The van der Waals surface area contributed by atoms with Gasteiger partial charge in [-0.05, 0) is 54.9 Å². The van der Waals surface area contributed by atoms with Gasteiger partial charge in [0.15, 0.2) is 0 Å². The SMILES string of the molecule is CC1CCC(O)(Cc2cc(Br)ccc2F)CC1C. The van der Waals surface area contributed by atoms with Crippen molar-refractivity contribution < 1.29 is 9.50 Å². The van der Waals surface area contributed by atoms with Gasteiger partial charge in [-0.2, -0.15) is 0 Å². The molecule has 1 fully saturated rings. The average molecular weight is 315 g/mol. The normalized spacial score (nSPS) is 32.5. The molecular weight excluding hydrogens is 295 g/mol. The van der Waals surface area contributed by atoms with Gasteiger partial charge in [0, 0.05) is 10.9 Å². The molecule has 0 spiro atoms.